The molecule has 1 aromatic carbocycles. The van der Waals surface area contributed by atoms with Crippen LogP contribution < -0.4 is 0 Å². The van der Waals surface area contributed by atoms with Gasteiger partial charge in [-0.25, -0.2) is 0 Å². The highest BCUT2D eigenvalue weighted by Gasteiger charge is 2.13. The van der Waals surface area contributed by atoms with Crippen LogP contribution in [0, 0.1) is 11.3 Å². The number of aliphatic hydroxyl groups is 1. The number of nitrogens with zero attached hydrogens (tertiary/aromatic N) is 4. The van der Waals surface area contributed by atoms with Crippen molar-refractivity contribution in [3.63, 3.8) is 0 Å². The highest BCUT2D eigenvalue weighted by atomic mass is 16.5. The molecule has 22 heavy (non-hydrogen) atoms. The second kappa shape index (κ2) is 6.16. The Bertz CT molecular complexity index is 822. The molecule has 6 nitrogen and oxygen atoms in total. The number of benzene rings is 1. The Kier molecular flexibility index (Phi) is 3.90. The number of hydrogen-bond donors (Lipinski definition) is 1. The van der Waals surface area contributed by atoms with Crippen LogP contribution in [0.15, 0.2) is 47.1 Å². The zero-order valence-electron chi connectivity index (χ0n) is 11.6. The highest BCUT2D eigenvalue weighted by Crippen LogP contribution is 2.23. The maximum absolute atomic E-state index is 9.10. The van der Waals surface area contributed by atoms with E-state index < -0.39 is 0 Å². The summed E-state index contributed by atoms with van der Waals surface area (Å²) in [6, 6.07) is 12.8. The van der Waals surface area contributed by atoms with E-state index in [1.807, 2.05) is 18.2 Å². The van der Waals surface area contributed by atoms with Gasteiger partial charge in [0.25, 0.3) is 5.89 Å². The maximum atomic E-state index is 9.10. The normalized spacial score (nSPS) is 10.4. The molecule has 3 aromatic rings. The lowest BCUT2D eigenvalue weighted by Crippen LogP contribution is -1.93. The van der Waals surface area contributed by atoms with Gasteiger partial charge in [0.15, 0.2) is 0 Å². The van der Waals surface area contributed by atoms with Crippen LogP contribution in [0.3, 0.4) is 0 Å². The zero-order chi connectivity index (χ0) is 15.4. The second-order valence-electron chi connectivity index (χ2n) is 4.64. The largest absolute Gasteiger partial charge is 0.396 e. The Balaban J connectivity index is 2.00. The molecule has 108 valence electrons. The van der Waals surface area contributed by atoms with Crippen molar-refractivity contribution in [3.05, 3.63) is 53.7 Å². The zero-order valence-corrected chi connectivity index (χ0v) is 11.6. The fraction of sp³-hybridized carbons (Fsp3) is 0.125. The minimum Gasteiger partial charge on any atom is -0.396 e. The summed E-state index contributed by atoms with van der Waals surface area (Å²) in [6.07, 6.45) is 2.12. The SMILES string of the molecule is N#Cc1cc(CCO)cc(-c2nc(-c3ccccn3)no2)c1. The quantitative estimate of drug-likeness (QED) is 0.792. The average Bonchev–Trinajstić information content (AvgIpc) is 3.06. The molecular weight excluding hydrogens is 280 g/mol. The maximum Gasteiger partial charge on any atom is 0.258 e. The van der Waals surface area contributed by atoms with Gasteiger partial charge in [-0.2, -0.15) is 10.2 Å². The van der Waals surface area contributed by atoms with Gasteiger partial charge in [-0.05, 0) is 42.3 Å². The lowest BCUT2D eigenvalue weighted by Gasteiger charge is -2.02. The first-order chi connectivity index (χ1) is 10.8. The van der Waals surface area contributed by atoms with E-state index in [0.717, 1.165) is 5.56 Å². The third-order valence-electron chi connectivity index (χ3n) is 3.09. The fourth-order valence-corrected chi connectivity index (χ4v) is 2.09. The summed E-state index contributed by atoms with van der Waals surface area (Å²) in [5.41, 5.74) is 2.59. The Hall–Kier alpha value is -3.04. The van der Waals surface area contributed by atoms with Crippen molar-refractivity contribution in [3.8, 4) is 29.0 Å². The minimum absolute atomic E-state index is 0.0113. The molecule has 0 aliphatic carbocycles. The van der Waals surface area contributed by atoms with Crippen LogP contribution in [0.1, 0.15) is 11.1 Å². The number of pyridine rings is 1. The van der Waals surface area contributed by atoms with Gasteiger partial charge in [-0.15, -0.1) is 0 Å². The number of rotatable bonds is 4. The first-order valence-corrected chi connectivity index (χ1v) is 6.70. The van der Waals surface area contributed by atoms with Crippen molar-refractivity contribution in [1.82, 2.24) is 15.1 Å². The highest BCUT2D eigenvalue weighted by molar-refractivity contribution is 5.60. The molecule has 2 aromatic heterocycles. The topological polar surface area (TPSA) is 95.8 Å². The van der Waals surface area contributed by atoms with Crippen molar-refractivity contribution in [1.29, 1.82) is 5.26 Å². The van der Waals surface area contributed by atoms with E-state index >= 15 is 0 Å². The summed E-state index contributed by atoms with van der Waals surface area (Å²) in [5, 5.41) is 22.1. The van der Waals surface area contributed by atoms with E-state index in [0.29, 0.717) is 35.0 Å². The first kappa shape index (κ1) is 13.9. The predicted molar refractivity (Wildman–Crippen MR) is 78.5 cm³/mol. The number of hydrogen-bond acceptors (Lipinski definition) is 6. The third kappa shape index (κ3) is 2.85. The Labute approximate surface area is 126 Å². The van der Waals surface area contributed by atoms with Gasteiger partial charge in [0.2, 0.25) is 5.82 Å². The summed E-state index contributed by atoms with van der Waals surface area (Å²) < 4.78 is 5.26. The molecule has 2 heterocycles. The van der Waals surface area contributed by atoms with Crippen LogP contribution in [0.25, 0.3) is 23.0 Å². The van der Waals surface area contributed by atoms with Crippen LogP contribution in [0.5, 0.6) is 0 Å². The minimum atomic E-state index is 0.0113. The van der Waals surface area contributed by atoms with E-state index in [1.54, 1.807) is 24.4 Å². The third-order valence-corrected chi connectivity index (χ3v) is 3.09. The Morgan fingerprint density at radius 3 is 2.86 bits per heavy atom. The van der Waals surface area contributed by atoms with Crippen LogP contribution in [0.4, 0.5) is 0 Å². The van der Waals surface area contributed by atoms with Gasteiger partial charge in [0, 0.05) is 18.4 Å². The van der Waals surface area contributed by atoms with E-state index in [-0.39, 0.29) is 6.61 Å². The van der Waals surface area contributed by atoms with Crippen molar-refractivity contribution in [2.45, 2.75) is 6.42 Å². The van der Waals surface area contributed by atoms with Gasteiger partial charge in [0.1, 0.15) is 5.69 Å². The van der Waals surface area contributed by atoms with Crippen LogP contribution in [-0.2, 0) is 6.42 Å². The van der Waals surface area contributed by atoms with E-state index in [2.05, 4.69) is 21.2 Å². The Morgan fingerprint density at radius 1 is 1.23 bits per heavy atom. The van der Waals surface area contributed by atoms with Crippen LogP contribution in [0.2, 0.25) is 0 Å². The number of aromatic nitrogens is 3. The molecule has 0 saturated heterocycles. The van der Waals surface area contributed by atoms with E-state index in [4.69, 9.17) is 14.9 Å². The first-order valence-electron chi connectivity index (χ1n) is 6.70. The summed E-state index contributed by atoms with van der Waals surface area (Å²) >= 11 is 0. The molecule has 0 atom stereocenters. The average molecular weight is 292 g/mol. The predicted octanol–water partition coefficient (Wildman–Crippen LogP) is 2.21. The van der Waals surface area contributed by atoms with Crippen molar-refractivity contribution in [2.75, 3.05) is 6.61 Å². The lowest BCUT2D eigenvalue weighted by molar-refractivity contribution is 0.299. The van der Waals surface area contributed by atoms with Crippen molar-refractivity contribution >= 4 is 0 Å². The van der Waals surface area contributed by atoms with Crippen LogP contribution in [-0.4, -0.2) is 26.8 Å². The monoisotopic (exact) mass is 292 g/mol. The summed E-state index contributed by atoms with van der Waals surface area (Å²) in [4.78, 5) is 8.48. The summed E-state index contributed by atoms with van der Waals surface area (Å²) in [7, 11) is 0. The fourth-order valence-electron chi connectivity index (χ4n) is 2.09. The van der Waals surface area contributed by atoms with Gasteiger partial charge in [0.05, 0.1) is 11.6 Å². The summed E-state index contributed by atoms with van der Waals surface area (Å²) in [5.74, 6) is 0.707. The summed E-state index contributed by atoms with van der Waals surface area (Å²) in [6.45, 7) is 0.0113. The van der Waals surface area contributed by atoms with E-state index in [9.17, 15) is 0 Å². The standard InChI is InChI=1S/C16H12N4O2/c17-10-12-7-11(4-6-21)8-13(9-12)16-19-15(20-22-16)14-3-1-2-5-18-14/h1-3,5,7-9,21H,4,6H2. The molecule has 1 N–H and O–H groups in total. The van der Waals surface area contributed by atoms with E-state index in [1.165, 1.54) is 0 Å². The molecule has 0 spiro atoms. The van der Waals surface area contributed by atoms with Gasteiger partial charge in [-0.1, -0.05) is 11.2 Å². The molecule has 0 bridgehead atoms. The van der Waals surface area contributed by atoms with Gasteiger partial charge >= 0.3 is 0 Å². The van der Waals surface area contributed by atoms with Gasteiger partial charge in [-0.3, -0.25) is 4.98 Å². The molecule has 0 aliphatic heterocycles. The number of aliphatic hydroxyl groups excluding tert-OH is 1. The molecule has 0 saturated carbocycles. The Morgan fingerprint density at radius 2 is 2.14 bits per heavy atom. The number of nitriles is 1. The second-order valence-corrected chi connectivity index (χ2v) is 4.64. The molecule has 3 rings (SSSR count). The molecule has 0 radical (unpaired) electrons. The van der Waals surface area contributed by atoms with Gasteiger partial charge < -0.3 is 9.63 Å². The molecule has 6 heteroatoms. The smallest absolute Gasteiger partial charge is 0.258 e. The molecule has 0 fully saturated rings. The van der Waals surface area contributed by atoms with Crippen molar-refractivity contribution in [2.24, 2.45) is 0 Å². The van der Waals surface area contributed by atoms with Crippen LogP contribution >= 0.6 is 0 Å². The molecular formula is C16H12N4O2. The molecule has 0 aliphatic rings. The molecule has 0 unspecified atom stereocenters. The lowest BCUT2D eigenvalue weighted by atomic mass is 10.0. The molecule has 0 amide bonds. The van der Waals surface area contributed by atoms with Crippen molar-refractivity contribution < 1.29 is 9.63 Å².